The molecule has 0 aromatic rings. The molecule has 1 saturated carbocycles. The molecule has 1 aliphatic rings. The van der Waals surface area contributed by atoms with E-state index in [4.69, 9.17) is 10.4 Å². The summed E-state index contributed by atoms with van der Waals surface area (Å²) in [4.78, 5) is 11.4. The van der Waals surface area contributed by atoms with Crippen molar-refractivity contribution in [2.75, 3.05) is 6.61 Å². The Balaban J connectivity index is 2.38. The Labute approximate surface area is 77.6 Å². The number of carbonyl (C=O) groups is 1. The lowest BCUT2D eigenvalue weighted by Crippen LogP contribution is -2.38. The molecule has 4 heteroatoms. The minimum Gasteiger partial charge on any atom is -0.396 e. The van der Waals surface area contributed by atoms with Gasteiger partial charge in [-0.1, -0.05) is 0 Å². The van der Waals surface area contributed by atoms with Gasteiger partial charge in [0.25, 0.3) is 0 Å². The van der Waals surface area contributed by atoms with Gasteiger partial charge in [0.1, 0.15) is 5.41 Å². The molecule has 4 nitrogen and oxygen atoms in total. The van der Waals surface area contributed by atoms with Crippen LogP contribution in [-0.2, 0) is 4.79 Å². The van der Waals surface area contributed by atoms with E-state index in [-0.39, 0.29) is 18.6 Å². The van der Waals surface area contributed by atoms with E-state index in [0.717, 1.165) is 0 Å². The number of nitrogens with one attached hydrogen (secondary N) is 1. The van der Waals surface area contributed by atoms with E-state index < -0.39 is 5.41 Å². The largest absolute Gasteiger partial charge is 0.396 e. The highest BCUT2D eigenvalue weighted by Gasteiger charge is 2.50. The molecule has 0 heterocycles. The minimum absolute atomic E-state index is 0.0525. The number of rotatable bonds is 4. The van der Waals surface area contributed by atoms with Crippen molar-refractivity contribution in [3.63, 3.8) is 0 Å². The van der Waals surface area contributed by atoms with Gasteiger partial charge < -0.3 is 10.4 Å². The lowest BCUT2D eigenvalue weighted by atomic mass is 10.1. The van der Waals surface area contributed by atoms with Crippen molar-refractivity contribution in [3.05, 3.63) is 0 Å². The van der Waals surface area contributed by atoms with Crippen LogP contribution in [0.3, 0.4) is 0 Å². The average molecular weight is 182 g/mol. The van der Waals surface area contributed by atoms with Gasteiger partial charge in [-0.15, -0.1) is 0 Å². The Bertz CT molecular complexity index is 240. The number of nitrogens with zero attached hydrogens (tertiary/aromatic N) is 1. The van der Waals surface area contributed by atoms with Crippen molar-refractivity contribution < 1.29 is 9.90 Å². The lowest BCUT2D eigenvalue weighted by Gasteiger charge is -2.14. The SMILES string of the molecule is CC(CCO)NC(=O)C1(C#N)CC1. The Morgan fingerprint density at radius 1 is 1.77 bits per heavy atom. The first-order chi connectivity index (χ1) is 6.14. The Kier molecular flexibility index (Phi) is 2.89. The third-order valence-corrected chi connectivity index (χ3v) is 2.34. The van der Waals surface area contributed by atoms with E-state index in [2.05, 4.69) is 5.32 Å². The van der Waals surface area contributed by atoms with Crippen LogP contribution in [0.5, 0.6) is 0 Å². The van der Waals surface area contributed by atoms with E-state index in [1.54, 1.807) is 0 Å². The molecular weight excluding hydrogens is 168 g/mol. The maximum absolute atomic E-state index is 11.4. The second-order valence-electron chi connectivity index (χ2n) is 3.58. The standard InChI is InChI=1S/C9H14N2O2/c1-7(2-5-12)11-8(13)9(6-10)3-4-9/h7,12H,2-5H2,1H3,(H,11,13). The van der Waals surface area contributed by atoms with Crippen molar-refractivity contribution in [1.82, 2.24) is 5.32 Å². The summed E-state index contributed by atoms with van der Waals surface area (Å²) in [5.74, 6) is -0.184. The van der Waals surface area contributed by atoms with E-state index in [0.29, 0.717) is 19.3 Å². The molecule has 0 aromatic heterocycles. The molecule has 1 aliphatic carbocycles. The van der Waals surface area contributed by atoms with Gasteiger partial charge in [0, 0.05) is 12.6 Å². The molecule has 1 fully saturated rings. The van der Waals surface area contributed by atoms with Crippen LogP contribution in [0.1, 0.15) is 26.2 Å². The zero-order valence-corrected chi connectivity index (χ0v) is 7.71. The molecule has 1 atom stereocenters. The predicted molar refractivity (Wildman–Crippen MR) is 46.6 cm³/mol. The summed E-state index contributed by atoms with van der Waals surface area (Å²) in [6.07, 6.45) is 1.87. The summed E-state index contributed by atoms with van der Waals surface area (Å²) in [7, 11) is 0. The number of carbonyl (C=O) groups excluding carboxylic acids is 1. The number of hydrogen-bond acceptors (Lipinski definition) is 3. The summed E-state index contributed by atoms with van der Waals surface area (Å²) in [5, 5.41) is 20.0. The predicted octanol–water partition coefficient (Wildman–Crippen LogP) is 0.177. The van der Waals surface area contributed by atoms with Gasteiger partial charge in [-0.25, -0.2) is 0 Å². The second-order valence-corrected chi connectivity index (χ2v) is 3.58. The number of nitriles is 1. The molecular formula is C9H14N2O2. The molecule has 0 saturated heterocycles. The van der Waals surface area contributed by atoms with Crippen molar-refractivity contribution in [2.45, 2.75) is 32.2 Å². The van der Waals surface area contributed by atoms with Crippen LogP contribution in [0, 0.1) is 16.7 Å². The minimum atomic E-state index is -0.746. The monoisotopic (exact) mass is 182 g/mol. The molecule has 0 aromatic carbocycles. The average Bonchev–Trinajstić information content (AvgIpc) is 2.84. The number of aliphatic hydroxyl groups is 1. The van der Waals surface area contributed by atoms with Crippen LogP contribution in [-0.4, -0.2) is 23.7 Å². The van der Waals surface area contributed by atoms with Gasteiger partial charge in [-0.05, 0) is 26.2 Å². The van der Waals surface area contributed by atoms with Gasteiger partial charge >= 0.3 is 0 Å². The zero-order chi connectivity index (χ0) is 9.90. The molecule has 72 valence electrons. The summed E-state index contributed by atoms with van der Waals surface area (Å²) >= 11 is 0. The first kappa shape index (κ1) is 10.0. The summed E-state index contributed by atoms with van der Waals surface area (Å²) in [6.45, 7) is 1.88. The molecule has 1 rings (SSSR count). The third kappa shape index (κ3) is 2.19. The highest BCUT2D eigenvalue weighted by Crippen LogP contribution is 2.45. The first-order valence-electron chi connectivity index (χ1n) is 4.48. The van der Waals surface area contributed by atoms with E-state index in [9.17, 15) is 4.79 Å². The molecule has 13 heavy (non-hydrogen) atoms. The molecule has 0 bridgehead atoms. The highest BCUT2D eigenvalue weighted by molar-refractivity contribution is 5.88. The summed E-state index contributed by atoms with van der Waals surface area (Å²) < 4.78 is 0. The van der Waals surface area contributed by atoms with Crippen LogP contribution < -0.4 is 5.32 Å². The smallest absolute Gasteiger partial charge is 0.240 e. The quantitative estimate of drug-likeness (QED) is 0.651. The number of amides is 1. The zero-order valence-electron chi connectivity index (χ0n) is 7.71. The van der Waals surface area contributed by atoms with Crippen molar-refractivity contribution in [1.29, 1.82) is 5.26 Å². The van der Waals surface area contributed by atoms with Crippen LogP contribution in [0.2, 0.25) is 0 Å². The Morgan fingerprint density at radius 3 is 2.77 bits per heavy atom. The normalized spacial score (nSPS) is 20.1. The van der Waals surface area contributed by atoms with Crippen molar-refractivity contribution >= 4 is 5.91 Å². The van der Waals surface area contributed by atoms with Crippen molar-refractivity contribution in [3.8, 4) is 6.07 Å². The molecule has 0 radical (unpaired) electrons. The van der Waals surface area contributed by atoms with Gasteiger partial charge in [0.15, 0.2) is 0 Å². The fraction of sp³-hybridized carbons (Fsp3) is 0.778. The van der Waals surface area contributed by atoms with Crippen LogP contribution in [0.15, 0.2) is 0 Å². The Morgan fingerprint density at radius 2 is 2.38 bits per heavy atom. The van der Waals surface area contributed by atoms with Gasteiger partial charge in [0.2, 0.25) is 5.91 Å². The summed E-state index contributed by atoms with van der Waals surface area (Å²) in [6, 6.07) is 1.97. The van der Waals surface area contributed by atoms with E-state index in [1.807, 2.05) is 13.0 Å². The fourth-order valence-corrected chi connectivity index (χ4v) is 1.14. The topological polar surface area (TPSA) is 73.1 Å². The number of aliphatic hydroxyl groups excluding tert-OH is 1. The van der Waals surface area contributed by atoms with Crippen LogP contribution in [0.4, 0.5) is 0 Å². The Hall–Kier alpha value is -1.08. The maximum atomic E-state index is 11.4. The second kappa shape index (κ2) is 3.75. The third-order valence-electron chi connectivity index (χ3n) is 2.34. The fourth-order valence-electron chi connectivity index (χ4n) is 1.14. The van der Waals surface area contributed by atoms with Crippen LogP contribution >= 0.6 is 0 Å². The van der Waals surface area contributed by atoms with Crippen molar-refractivity contribution in [2.24, 2.45) is 5.41 Å². The molecule has 0 aliphatic heterocycles. The van der Waals surface area contributed by atoms with Gasteiger partial charge in [-0.3, -0.25) is 4.79 Å². The van der Waals surface area contributed by atoms with Crippen LogP contribution in [0.25, 0.3) is 0 Å². The van der Waals surface area contributed by atoms with E-state index >= 15 is 0 Å². The maximum Gasteiger partial charge on any atom is 0.240 e. The summed E-state index contributed by atoms with van der Waals surface area (Å²) in [5.41, 5.74) is -0.746. The van der Waals surface area contributed by atoms with Gasteiger partial charge in [0.05, 0.1) is 6.07 Å². The van der Waals surface area contributed by atoms with Gasteiger partial charge in [-0.2, -0.15) is 5.26 Å². The van der Waals surface area contributed by atoms with E-state index in [1.165, 1.54) is 0 Å². The molecule has 2 N–H and O–H groups in total. The molecule has 1 amide bonds. The first-order valence-corrected chi connectivity index (χ1v) is 4.48. The molecule has 0 spiro atoms. The highest BCUT2D eigenvalue weighted by atomic mass is 16.3. The number of hydrogen-bond donors (Lipinski definition) is 2. The lowest BCUT2D eigenvalue weighted by molar-refractivity contribution is -0.125. The molecule has 1 unspecified atom stereocenters.